The van der Waals surface area contributed by atoms with Gasteiger partial charge in [-0.2, -0.15) is 5.10 Å². The molecule has 8 nitrogen and oxygen atoms in total. The Bertz CT molecular complexity index is 1120. The summed E-state index contributed by atoms with van der Waals surface area (Å²) < 4.78 is 6.22. The van der Waals surface area contributed by atoms with Crippen molar-refractivity contribution < 1.29 is 14.3 Å². The second kappa shape index (κ2) is 9.51. The van der Waals surface area contributed by atoms with E-state index in [4.69, 9.17) is 10.5 Å². The highest BCUT2D eigenvalue weighted by molar-refractivity contribution is 5.84. The van der Waals surface area contributed by atoms with Crippen molar-refractivity contribution >= 4 is 17.7 Å². The number of anilines is 1. The lowest BCUT2D eigenvalue weighted by molar-refractivity contribution is -0.117. The SMILES string of the molecule is CCOC(=O)Nc1cccc(Cn2nc(-c3cccc(CC(N)=O)c3)ccc2=O)c1. The monoisotopic (exact) mass is 406 g/mol. The van der Waals surface area contributed by atoms with Gasteiger partial charge in [-0.15, -0.1) is 0 Å². The first-order valence-electron chi connectivity index (χ1n) is 9.43. The highest BCUT2D eigenvalue weighted by Crippen LogP contribution is 2.18. The summed E-state index contributed by atoms with van der Waals surface area (Å²) in [6, 6.07) is 17.5. The summed E-state index contributed by atoms with van der Waals surface area (Å²) in [6.07, 6.45) is -0.406. The van der Waals surface area contributed by atoms with Gasteiger partial charge in [0.05, 0.1) is 25.3 Å². The Morgan fingerprint density at radius 1 is 1.07 bits per heavy atom. The number of aromatic nitrogens is 2. The number of nitrogens with two attached hydrogens (primary N) is 1. The van der Waals surface area contributed by atoms with Crippen LogP contribution in [0.5, 0.6) is 0 Å². The molecule has 2 aromatic carbocycles. The maximum Gasteiger partial charge on any atom is 0.411 e. The molecule has 0 aliphatic rings. The first kappa shape index (κ1) is 20.8. The number of amides is 2. The van der Waals surface area contributed by atoms with Crippen LogP contribution < -0.4 is 16.6 Å². The quantitative estimate of drug-likeness (QED) is 0.625. The topological polar surface area (TPSA) is 116 Å². The van der Waals surface area contributed by atoms with E-state index in [0.29, 0.717) is 11.4 Å². The van der Waals surface area contributed by atoms with Crippen LogP contribution in [0.4, 0.5) is 10.5 Å². The first-order chi connectivity index (χ1) is 14.4. The van der Waals surface area contributed by atoms with Crippen LogP contribution in [0.2, 0.25) is 0 Å². The number of benzene rings is 2. The van der Waals surface area contributed by atoms with E-state index in [1.54, 1.807) is 31.2 Å². The minimum atomic E-state index is -0.539. The summed E-state index contributed by atoms with van der Waals surface area (Å²) >= 11 is 0. The second-order valence-corrected chi connectivity index (χ2v) is 6.60. The molecule has 2 amide bonds. The number of primary amides is 1. The molecule has 0 radical (unpaired) electrons. The lowest BCUT2D eigenvalue weighted by Gasteiger charge is -2.10. The summed E-state index contributed by atoms with van der Waals surface area (Å²) in [4.78, 5) is 35.1. The molecule has 0 saturated heterocycles. The Morgan fingerprint density at radius 2 is 1.83 bits per heavy atom. The van der Waals surface area contributed by atoms with Gasteiger partial charge < -0.3 is 10.5 Å². The molecular formula is C22H22N4O4. The third kappa shape index (κ3) is 5.54. The van der Waals surface area contributed by atoms with Crippen molar-refractivity contribution in [2.45, 2.75) is 19.9 Å². The lowest BCUT2D eigenvalue weighted by Crippen LogP contribution is -2.23. The zero-order valence-corrected chi connectivity index (χ0v) is 16.5. The van der Waals surface area contributed by atoms with Crippen molar-refractivity contribution in [2.24, 2.45) is 5.73 Å². The van der Waals surface area contributed by atoms with Crippen LogP contribution in [0.1, 0.15) is 18.1 Å². The van der Waals surface area contributed by atoms with E-state index in [1.165, 1.54) is 10.7 Å². The molecule has 154 valence electrons. The van der Waals surface area contributed by atoms with E-state index < -0.39 is 12.0 Å². The van der Waals surface area contributed by atoms with E-state index in [2.05, 4.69) is 10.4 Å². The summed E-state index contributed by atoms with van der Waals surface area (Å²) in [5, 5.41) is 7.09. The third-order valence-electron chi connectivity index (χ3n) is 4.25. The fraction of sp³-hybridized carbons (Fsp3) is 0.182. The van der Waals surface area contributed by atoms with Gasteiger partial charge in [-0.3, -0.25) is 14.9 Å². The van der Waals surface area contributed by atoms with Crippen LogP contribution in [-0.4, -0.2) is 28.4 Å². The number of ether oxygens (including phenoxy) is 1. The van der Waals surface area contributed by atoms with E-state index in [-0.39, 0.29) is 25.1 Å². The molecule has 0 unspecified atom stereocenters. The Morgan fingerprint density at radius 3 is 2.60 bits per heavy atom. The van der Waals surface area contributed by atoms with Gasteiger partial charge in [0.2, 0.25) is 5.91 Å². The van der Waals surface area contributed by atoms with Crippen LogP contribution in [0.15, 0.2) is 65.5 Å². The molecule has 3 N–H and O–H groups in total. The van der Waals surface area contributed by atoms with Gasteiger partial charge in [0.25, 0.3) is 5.56 Å². The zero-order chi connectivity index (χ0) is 21.5. The number of nitrogens with zero attached hydrogens (tertiary/aromatic N) is 2. The fourth-order valence-electron chi connectivity index (χ4n) is 2.96. The van der Waals surface area contributed by atoms with Gasteiger partial charge >= 0.3 is 6.09 Å². The molecular weight excluding hydrogens is 384 g/mol. The molecule has 0 saturated carbocycles. The first-order valence-corrected chi connectivity index (χ1v) is 9.43. The van der Waals surface area contributed by atoms with Gasteiger partial charge in [-0.25, -0.2) is 9.48 Å². The number of rotatable bonds is 7. The highest BCUT2D eigenvalue weighted by Gasteiger charge is 2.08. The fourth-order valence-corrected chi connectivity index (χ4v) is 2.96. The van der Waals surface area contributed by atoms with Crippen LogP contribution in [0.3, 0.4) is 0 Å². The van der Waals surface area contributed by atoms with Gasteiger partial charge in [0.1, 0.15) is 0 Å². The molecule has 0 fully saturated rings. The average molecular weight is 406 g/mol. The Labute approximate surface area is 173 Å². The summed E-state index contributed by atoms with van der Waals surface area (Å²) in [6.45, 7) is 2.23. The molecule has 0 spiro atoms. The third-order valence-corrected chi connectivity index (χ3v) is 4.25. The van der Waals surface area contributed by atoms with E-state index in [1.807, 2.05) is 30.3 Å². The van der Waals surface area contributed by atoms with Crippen molar-refractivity contribution in [3.8, 4) is 11.3 Å². The smallest absolute Gasteiger partial charge is 0.411 e. The Balaban J connectivity index is 1.84. The van der Waals surface area contributed by atoms with E-state index in [9.17, 15) is 14.4 Å². The summed E-state index contributed by atoms with van der Waals surface area (Å²) in [5.41, 5.74) is 8.52. The molecule has 0 atom stereocenters. The number of hydrogen-bond donors (Lipinski definition) is 2. The van der Waals surface area contributed by atoms with Crippen LogP contribution in [0.25, 0.3) is 11.3 Å². The molecule has 3 aromatic rings. The minimum absolute atomic E-state index is 0.133. The highest BCUT2D eigenvalue weighted by atomic mass is 16.5. The van der Waals surface area contributed by atoms with Gasteiger partial charge in [0.15, 0.2) is 0 Å². The number of hydrogen-bond acceptors (Lipinski definition) is 5. The Kier molecular flexibility index (Phi) is 6.59. The van der Waals surface area contributed by atoms with Crippen LogP contribution >= 0.6 is 0 Å². The van der Waals surface area contributed by atoms with Crippen molar-refractivity contribution in [1.82, 2.24) is 9.78 Å². The molecule has 1 heterocycles. The summed E-state index contributed by atoms with van der Waals surface area (Å²) in [7, 11) is 0. The molecule has 3 rings (SSSR count). The molecule has 0 aliphatic heterocycles. The normalized spacial score (nSPS) is 10.4. The zero-order valence-electron chi connectivity index (χ0n) is 16.5. The number of carbonyl (C=O) groups is 2. The Hall–Kier alpha value is -3.94. The average Bonchev–Trinajstić information content (AvgIpc) is 2.70. The number of nitrogens with one attached hydrogen (secondary N) is 1. The molecule has 8 heteroatoms. The predicted octanol–water partition coefficient (Wildman–Crippen LogP) is 2.55. The largest absolute Gasteiger partial charge is 0.450 e. The predicted molar refractivity (Wildman–Crippen MR) is 113 cm³/mol. The van der Waals surface area contributed by atoms with Crippen molar-refractivity contribution in [1.29, 1.82) is 0 Å². The van der Waals surface area contributed by atoms with Crippen molar-refractivity contribution in [3.63, 3.8) is 0 Å². The summed E-state index contributed by atoms with van der Waals surface area (Å²) in [5.74, 6) is -0.415. The van der Waals surface area contributed by atoms with Gasteiger partial charge in [-0.1, -0.05) is 30.3 Å². The number of carbonyl (C=O) groups excluding carboxylic acids is 2. The van der Waals surface area contributed by atoms with Gasteiger partial charge in [0, 0.05) is 17.3 Å². The van der Waals surface area contributed by atoms with E-state index in [0.717, 1.165) is 16.7 Å². The minimum Gasteiger partial charge on any atom is -0.450 e. The van der Waals surface area contributed by atoms with Crippen molar-refractivity contribution in [3.05, 3.63) is 82.1 Å². The molecule has 0 aliphatic carbocycles. The van der Waals surface area contributed by atoms with E-state index >= 15 is 0 Å². The molecule has 1 aromatic heterocycles. The van der Waals surface area contributed by atoms with Crippen LogP contribution in [0, 0.1) is 0 Å². The maximum absolute atomic E-state index is 12.3. The molecule has 0 bridgehead atoms. The van der Waals surface area contributed by atoms with Crippen LogP contribution in [-0.2, 0) is 22.5 Å². The lowest BCUT2D eigenvalue weighted by atomic mass is 10.1. The standard InChI is InChI=1S/C22H22N4O4/c1-2-30-22(29)24-18-8-4-6-16(12-18)14-26-21(28)10-9-19(25-26)17-7-3-5-15(11-17)13-20(23)27/h3-12H,2,13-14H2,1H3,(H2,23,27)(H,24,29). The van der Waals surface area contributed by atoms with Crippen molar-refractivity contribution in [2.75, 3.05) is 11.9 Å². The molecule has 30 heavy (non-hydrogen) atoms. The maximum atomic E-state index is 12.3. The second-order valence-electron chi connectivity index (χ2n) is 6.60. The van der Waals surface area contributed by atoms with Gasteiger partial charge in [-0.05, 0) is 42.3 Å².